The minimum absolute atomic E-state index is 0.371. The summed E-state index contributed by atoms with van der Waals surface area (Å²) >= 11 is 0. The molecule has 0 bridgehead atoms. The number of rotatable bonds is 9. The topological polar surface area (TPSA) is 116 Å². The predicted molar refractivity (Wildman–Crippen MR) is 101 cm³/mol. The van der Waals surface area contributed by atoms with Crippen molar-refractivity contribution >= 4 is 11.0 Å². The maximum atomic E-state index is 11.5. The van der Waals surface area contributed by atoms with Gasteiger partial charge in [-0.1, -0.05) is 5.21 Å². The Bertz CT molecular complexity index is 950. The minimum atomic E-state index is -0.403. The summed E-state index contributed by atoms with van der Waals surface area (Å²) in [7, 11) is 0. The van der Waals surface area contributed by atoms with E-state index in [2.05, 4.69) is 10.3 Å². The fraction of sp³-hybridized carbons (Fsp3) is 0.421. The van der Waals surface area contributed by atoms with E-state index in [0.717, 1.165) is 16.6 Å². The van der Waals surface area contributed by atoms with Crippen molar-refractivity contribution in [3.05, 3.63) is 52.1 Å². The van der Waals surface area contributed by atoms with Gasteiger partial charge in [-0.05, 0) is 50.4 Å². The highest BCUT2D eigenvalue weighted by atomic mass is 16.5. The summed E-state index contributed by atoms with van der Waals surface area (Å²) in [6, 6.07) is 6.92. The number of benzene rings is 1. The fourth-order valence-corrected chi connectivity index (χ4v) is 2.87. The van der Waals surface area contributed by atoms with Gasteiger partial charge in [-0.25, -0.2) is 9.48 Å². The van der Waals surface area contributed by atoms with E-state index >= 15 is 0 Å². The molecule has 0 amide bonds. The maximum Gasteiger partial charge on any atom is 0.336 e. The number of nitrogens with zero attached hydrogens (tertiary/aromatic N) is 3. The number of aromatic nitrogens is 3. The molecular weight excluding hydrogens is 348 g/mol. The van der Waals surface area contributed by atoms with Crippen molar-refractivity contribution in [3.63, 3.8) is 0 Å². The normalized spacial score (nSPS) is 12.4. The third kappa shape index (κ3) is 5.15. The van der Waals surface area contributed by atoms with Gasteiger partial charge >= 0.3 is 5.63 Å². The Morgan fingerprint density at radius 2 is 2.19 bits per heavy atom. The van der Waals surface area contributed by atoms with Crippen molar-refractivity contribution < 1.29 is 14.3 Å². The molecule has 0 fully saturated rings. The van der Waals surface area contributed by atoms with Gasteiger partial charge in [0.1, 0.15) is 17.9 Å². The van der Waals surface area contributed by atoms with Crippen LogP contribution in [-0.4, -0.2) is 39.4 Å². The van der Waals surface area contributed by atoms with Crippen LogP contribution in [-0.2, 0) is 13.0 Å². The van der Waals surface area contributed by atoms with Crippen molar-refractivity contribution in [2.75, 3.05) is 13.2 Å². The summed E-state index contributed by atoms with van der Waals surface area (Å²) in [5.74, 6) is 0.626. The van der Waals surface area contributed by atoms with Gasteiger partial charge in [0.05, 0.1) is 18.3 Å². The number of ether oxygens (including phenoxy) is 1. The number of aliphatic hydroxyl groups excluding tert-OH is 1. The van der Waals surface area contributed by atoms with Gasteiger partial charge in [0.2, 0.25) is 0 Å². The summed E-state index contributed by atoms with van der Waals surface area (Å²) in [4.78, 5) is 11.5. The molecule has 0 saturated heterocycles. The molecule has 3 aromatic rings. The molecule has 27 heavy (non-hydrogen) atoms. The maximum absolute atomic E-state index is 11.5. The van der Waals surface area contributed by atoms with Crippen LogP contribution < -0.4 is 16.1 Å². The average molecular weight is 372 g/mol. The molecule has 1 aromatic carbocycles. The van der Waals surface area contributed by atoms with E-state index in [0.29, 0.717) is 50.3 Å². The van der Waals surface area contributed by atoms with Gasteiger partial charge in [-0.3, -0.25) is 0 Å². The molecule has 2 heterocycles. The molecule has 1 unspecified atom stereocenters. The van der Waals surface area contributed by atoms with Crippen LogP contribution in [0, 0.1) is 6.92 Å². The zero-order chi connectivity index (χ0) is 19.2. The second-order valence-corrected chi connectivity index (χ2v) is 6.50. The van der Waals surface area contributed by atoms with E-state index in [1.54, 1.807) is 10.7 Å². The van der Waals surface area contributed by atoms with E-state index in [9.17, 15) is 9.90 Å². The first-order chi connectivity index (χ1) is 13.0. The first-order valence-electron chi connectivity index (χ1n) is 8.99. The second-order valence-electron chi connectivity index (χ2n) is 6.50. The van der Waals surface area contributed by atoms with E-state index in [1.807, 2.05) is 25.3 Å². The van der Waals surface area contributed by atoms with Crippen LogP contribution >= 0.6 is 0 Å². The molecule has 1 atom stereocenters. The van der Waals surface area contributed by atoms with Gasteiger partial charge in [0.25, 0.3) is 0 Å². The highest BCUT2D eigenvalue weighted by Gasteiger charge is 2.07. The second kappa shape index (κ2) is 8.79. The summed E-state index contributed by atoms with van der Waals surface area (Å²) in [6.45, 7) is 3.29. The molecule has 0 spiro atoms. The molecule has 8 nitrogen and oxygen atoms in total. The Hall–Kier alpha value is -2.71. The molecule has 8 heteroatoms. The summed E-state index contributed by atoms with van der Waals surface area (Å²) < 4.78 is 12.7. The average Bonchev–Trinajstić information content (AvgIpc) is 3.07. The van der Waals surface area contributed by atoms with E-state index in [4.69, 9.17) is 14.9 Å². The number of fused-ring (bicyclic) bond motifs is 1. The Morgan fingerprint density at radius 3 is 3.00 bits per heavy atom. The number of aliphatic hydroxyl groups is 1. The van der Waals surface area contributed by atoms with Gasteiger partial charge in [-0.15, -0.1) is 5.10 Å². The zero-order valence-corrected chi connectivity index (χ0v) is 15.3. The van der Waals surface area contributed by atoms with Crippen LogP contribution in [0.2, 0.25) is 0 Å². The van der Waals surface area contributed by atoms with Crippen molar-refractivity contribution in [2.45, 2.75) is 38.8 Å². The van der Waals surface area contributed by atoms with Crippen molar-refractivity contribution in [1.29, 1.82) is 0 Å². The Balaban J connectivity index is 1.53. The molecular formula is C19H24N4O4. The van der Waals surface area contributed by atoms with Crippen LogP contribution in [0.1, 0.15) is 24.1 Å². The third-order valence-electron chi connectivity index (χ3n) is 4.33. The molecule has 0 radical (unpaired) electrons. The van der Waals surface area contributed by atoms with E-state index in [1.165, 1.54) is 6.07 Å². The highest BCUT2D eigenvalue weighted by Crippen LogP contribution is 2.22. The van der Waals surface area contributed by atoms with Gasteiger partial charge in [-0.2, -0.15) is 0 Å². The molecule has 0 aliphatic rings. The first-order valence-corrected chi connectivity index (χ1v) is 8.99. The van der Waals surface area contributed by atoms with Crippen LogP contribution in [0.15, 0.2) is 39.7 Å². The Morgan fingerprint density at radius 1 is 1.33 bits per heavy atom. The molecule has 0 aliphatic heterocycles. The fourth-order valence-electron chi connectivity index (χ4n) is 2.87. The number of aryl methyl sites for hydroxylation is 2. The van der Waals surface area contributed by atoms with Crippen LogP contribution in [0.3, 0.4) is 0 Å². The number of hydrogen-bond donors (Lipinski definition) is 2. The lowest BCUT2D eigenvalue weighted by Gasteiger charge is -2.07. The van der Waals surface area contributed by atoms with Crippen molar-refractivity contribution in [3.8, 4) is 5.75 Å². The third-order valence-corrected chi connectivity index (χ3v) is 4.33. The van der Waals surface area contributed by atoms with Crippen molar-refractivity contribution in [2.24, 2.45) is 5.73 Å². The lowest BCUT2D eigenvalue weighted by Crippen LogP contribution is -2.14. The quantitative estimate of drug-likeness (QED) is 0.546. The lowest BCUT2D eigenvalue weighted by molar-refractivity contribution is 0.157. The van der Waals surface area contributed by atoms with Crippen LogP contribution in [0.25, 0.3) is 11.0 Å². The smallest absolute Gasteiger partial charge is 0.336 e. The Kier molecular flexibility index (Phi) is 6.20. The summed E-state index contributed by atoms with van der Waals surface area (Å²) in [5.41, 5.74) is 7.27. The lowest BCUT2D eigenvalue weighted by atomic mass is 10.1. The summed E-state index contributed by atoms with van der Waals surface area (Å²) in [6.07, 6.45) is 3.31. The SMILES string of the molecule is Cc1cc(=O)oc2cc(OCCn3cc(CCC(O)CCN)nn3)ccc12. The standard InChI is InChI=1S/C19H24N4O4/c1-13-10-19(25)27-18-11-16(4-5-17(13)18)26-9-8-23-12-14(21-22-23)2-3-15(24)6-7-20/h4-5,10-12,15,24H,2-3,6-9,20H2,1H3. The number of hydrogen-bond acceptors (Lipinski definition) is 7. The molecule has 0 saturated carbocycles. The molecule has 3 rings (SSSR count). The molecule has 3 N–H and O–H groups in total. The Labute approximate surface area is 156 Å². The predicted octanol–water partition coefficient (Wildman–Crippen LogP) is 1.41. The zero-order valence-electron chi connectivity index (χ0n) is 15.3. The van der Waals surface area contributed by atoms with Gasteiger partial charge in [0.15, 0.2) is 0 Å². The largest absolute Gasteiger partial charge is 0.492 e. The van der Waals surface area contributed by atoms with Crippen LogP contribution in [0.4, 0.5) is 0 Å². The minimum Gasteiger partial charge on any atom is -0.492 e. The molecule has 2 aromatic heterocycles. The van der Waals surface area contributed by atoms with Gasteiger partial charge in [0, 0.05) is 23.7 Å². The van der Waals surface area contributed by atoms with Gasteiger partial charge < -0.3 is 20.0 Å². The monoisotopic (exact) mass is 372 g/mol. The molecule has 144 valence electrons. The van der Waals surface area contributed by atoms with Crippen LogP contribution in [0.5, 0.6) is 5.75 Å². The highest BCUT2D eigenvalue weighted by molar-refractivity contribution is 5.81. The summed E-state index contributed by atoms with van der Waals surface area (Å²) in [5, 5.41) is 18.8. The van der Waals surface area contributed by atoms with E-state index < -0.39 is 6.10 Å². The van der Waals surface area contributed by atoms with Crippen molar-refractivity contribution in [1.82, 2.24) is 15.0 Å². The van der Waals surface area contributed by atoms with E-state index in [-0.39, 0.29) is 5.63 Å². The molecule has 0 aliphatic carbocycles. The number of nitrogens with two attached hydrogens (primary N) is 1. The first kappa shape index (κ1) is 19.1.